The van der Waals surface area contributed by atoms with Gasteiger partial charge in [-0.3, -0.25) is 9.59 Å². The van der Waals surface area contributed by atoms with Crippen LogP contribution in [-0.4, -0.2) is 38.1 Å². The van der Waals surface area contributed by atoms with E-state index < -0.39 is 0 Å². The Balaban J connectivity index is 1.85. The average molecular weight is 326 g/mol. The minimum atomic E-state index is -0.201. The van der Waals surface area contributed by atoms with Crippen molar-refractivity contribution in [2.75, 3.05) is 25.1 Å². The number of nitrogens with zero attached hydrogens (tertiary/aromatic N) is 1. The molecule has 1 aromatic carbocycles. The van der Waals surface area contributed by atoms with Gasteiger partial charge >= 0.3 is 0 Å². The fourth-order valence-corrected chi connectivity index (χ4v) is 2.35. The van der Waals surface area contributed by atoms with Crippen LogP contribution in [0.4, 0.5) is 5.69 Å². The maximum atomic E-state index is 12.1. The van der Waals surface area contributed by atoms with E-state index in [2.05, 4.69) is 23.7 Å². The number of likely N-dealkylation sites (N-methyl/N-ethyl adjacent to an activating group) is 1. The highest BCUT2D eigenvalue weighted by atomic mass is 16.5. The largest absolute Gasteiger partial charge is 0.366 e. The van der Waals surface area contributed by atoms with Crippen molar-refractivity contribution >= 4 is 17.5 Å². The molecule has 0 saturated carbocycles. The molecule has 5 nitrogen and oxygen atoms in total. The van der Waals surface area contributed by atoms with Crippen molar-refractivity contribution in [1.82, 2.24) is 5.32 Å². The molecular weight excluding hydrogens is 304 g/mol. The number of hydrogen-bond acceptors (Lipinski definition) is 3. The summed E-state index contributed by atoms with van der Waals surface area (Å²) in [5.41, 5.74) is 1.22. The third-order valence-corrected chi connectivity index (χ3v) is 3.80. The number of nitrogens with one attached hydrogen (secondary N) is 1. The van der Waals surface area contributed by atoms with E-state index in [0.29, 0.717) is 11.3 Å². The summed E-state index contributed by atoms with van der Waals surface area (Å²) in [6.07, 6.45) is 4.43. The first kappa shape index (κ1) is 17.8. The summed E-state index contributed by atoms with van der Waals surface area (Å²) < 4.78 is 5.51. The number of benzene rings is 1. The third kappa shape index (κ3) is 4.97. The Bertz CT molecular complexity index is 649. The van der Waals surface area contributed by atoms with Crippen LogP contribution in [0.15, 0.2) is 36.9 Å². The molecule has 5 heteroatoms. The topological polar surface area (TPSA) is 58.6 Å². The number of carbonyl (C=O) groups excluding carboxylic acids is 2. The molecule has 126 valence electrons. The summed E-state index contributed by atoms with van der Waals surface area (Å²) in [7, 11) is 1.65. The number of amides is 2. The van der Waals surface area contributed by atoms with E-state index in [9.17, 15) is 9.59 Å². The van der Waals surface area contributed by atoms with Crippen molar-refractivity contribution in [3.8, 4) is 11.8 Å². The van der Waals surface area contributed by atoms with Crippen molar-refractivity contribution in [2.45, 2.75) is 25.4 Å². The zero-order valence-electron chi connectivity index (χ0n) is 13.9. The SMILES string of the molecule is C=CC(=O)N(C)c1ccc(C(=O)NCC#CC2CCCCO2)cc1. The van der Waals surface area contributed by atoms with Gasteiger partial charge in [-0.25, -0.2) is 0 Å². The lowest BCUT2D eigenvalue weighted by Gasteiger charge is -2.17. The first-order chi connectivity index (χ1) is 11.6. The predicted molar refractivity (Wildman–Crippen MR) is 93.7 cm³/mol. The Morgan fingerprint density at radius 3 is 2.75 bits per heavy atom. The molecule has 1 saturated heterocycles. The van der Waals surface area contributed by atoms with Crippen LogP contribution in [0.5, 0.6) is 0 Å². The monoisotopic (exact) mass is 326 g/mol. The molecule has 0 bridgehead atoms. The van der Waals surface area contributed by atoms with Crippen LogP contribution < -0.4 is 10.2 Å². The van der Waals surface area contributed by atoms with Gasteiger partial charge in [-0.15, -0.1) is 0 Å². The molecule has 1 atom stereocenters. The molecule has 1 heterocycles. The number of anilines is 1. The molecule has 1 unspecified atom stereocenters. The fraction of sp³-hybridized carbons (Fsp3) is 0.368. The molecule has 0 spiro atoms. The van der Waals surface area contributed by atoms with Gasteiger partial charge in [-0.1, -0.05) is 18.4 Å². The summed E-state index contributed by atoms with van der Waals surface area (Å²) in [4.78, 5) is 25.1. The Morgan fingerprint density at radius 2 is 2.12 bits per heavy atom. The lowest BCUT2D eigenvalue weighted by molar-refractivity contribution is -0.113. The summed E-state index contributed by atoms with van der Waals surface area (Å²) in [6, 6.07) is 6.79. The van der Waals surface area contributed by atoms with Crippen molar-refractivity contribution in [2.24, 2.45) is 0 Å². The van der Waals surface area contributed by atoms with Crippen molar-refractivity contribution in [1.29, 1.82) is 0 Å². The van der Waals surface area contributed by atoms with Gasteiger partial charge in [-0.2, -0.15) is 0 Å². The molecule has 2 amide bonds. The van der Waals surface area contributed by atoms with E-state index in [-0.39, 0.29) is 24.5 Å². The molecule has 1 N–H and O–H groups in total. The van der Waals surface area contributed by atoms with Crippen LogP contribution >= 0.6 is 0 Å². The molecule has 1 aliphatic rings. The second-order valence-electron chi connectivity index (χ2n) is 5.51. The molecule has 1 aromatic rings. The highest BCUT2D eigenvalue weighted by molar-refractivity contribution is 6.01. The van der Waals surface area contributed by atoms with E-state index in [1.165, 1.54) is 11.0 Å². The molecule has 0 aliphatic carbocycles. The van der Waals surface area contributed by atoms with Crippen LogP contribution in [-0.2, 0) is 9.53 Å². The predicted octanol–water partition coefficient (Wildman–Crippen LogP) is 2.14. The van der Waals surface area contributed by atoms with Gasteiger partial charge in [0.05, 0.1) is 6.54 Å². The molecule has 2 rings (SSSR count). The van der Waals surface area contributed by atoms with E-state index in [1.807, 2.05) is 0 Å². The first-order valence-electron chi connectivity index (χ1n) is 8.00. The highest BCUT2D eigenvalue weighted by Crippen LogP contribution is 2.14. The number of carbonyl (C=O) groups is 2. The van der Waals surface area contributed by atoms with Crippen LogP contribution in [0, 0.1) is 11.8 Å². The van der Waals surface area contributed by atoms with E-state index in [4.69, 9.17) is 4.74 Å². The second kappa shape index (κ2) is 8.90. The van der Waals surface area contributed by atoms with Gasteiger partial charge in [0, 0.05) is 24.9 Å². The zero-order valence-corrected chi connectivity index (χ0v) is 13.9. The number of ether oxygens (including phenoxy) is 1. The number of rotatable bonds is 4. The number of hydrogen-bond donors (Lipinski definition) is 1. The van der Waals surface area contributed by atoms with Gasteiger partial charge < -0.3 is 15.0 Å². The van der Waals surface area contributed by atoms with E-state index in [1.54, 1.807) is 31.3 Å². The summed E-state index contributed by atoms with van der Waals surface area (Å²) >= 11 is 0. The quantitative estimate of drug-likeness (QED) is 0.681. The maximum Gasteiger partial charge on any atom is 0.252 e. The molecule has 1 fully saturated rings. The summed E-state index contributed by atoms with van der Waals surface area (Å²) in [5.74, 6) is 5.57. The van der Waals surface area contributed by atoms with Crippen molar-refractivity contribution < 1.29 is 14.3 Å². The van der Waals surface area contributed by atoms with Gasteiger partial charge in [-0.05, 0) is 49.6 Å². The Labute approximate surface area is 142 Å². The minimum absolute atomic E-state index is 0.00660. The van der Waals surface area contributed by atoms with Crippen molar-refractivity contribution in [3.05, 3.63) is 42.5 Å². The molecule has 0 aromatic heterocycles. The smallest absolute Gasteiger partial charge is 0.252 e. The lowest BCUT2D eigenvalue weighted by Crippen LogP contribution is -2.25. The fourth-order valence-electron chi connectivity index (χ4n) is 2.35. The normalized spacial score (nSPS) is 16.5. The Hall–Kier alpha value is -2.58. The zero-order chi connectivity index (χ0) is 17.4. The highest BCUT2D eigenvalue weighted by Gasteiger charge is 2.11. The third-order valence-electron chi connectivity index (χ3n) is 3.80. The standard InChI is InChI=1S/C19H22N2O3/c1-3-18(22)21(2)16-11-9-15(10-12-16)19(23)20-13-6-8-17-7-4-5-14-24-17/h3,9-12,17H,1,4-5,7,13-14H2,2H3,(H,20,23). The maximum absolute atomic E-state index is 12.1. The molecule has 0 radical (unpaired) electrons. The van der Waals surface area contributed by atoms with Crippen LogP contribution in [0.1, 0.15) is 29.6 Å². The molecule has 24 heavy (non-hydrogen) atoms. The average Bonchev–Trinajstić information content (AvgIpc) is 2.64. The van der Waals surface area contributed by atoms with Crippen LogP contribution in [0.3, 0.4) is 0 Å². The second-order valence-corrected chi connectivity index (χ2v) is 5.51. The van der Waals surface area contributed by atoms with E-state index in [0.717, 1.165) is 25.9 Å². The minimum Gasteiger partial charge on any atom is -0.366 e. The van der Waals surface area contributed by atoms with Crippen molar-refractivity contribution in [3.63, 3.8) is 0 Å². The molecule has 1 aliphatic heterocycles. The van der Waals surface area contributed by atoms with Gasteiger partial charge in [0.25, 0.3) is 5.91 Å². The summed E-state index contributed by atoms with van der Waals surface area (Å²) in [6.45, 7) is 4.50. The first-order valence-corrected chi connectivity index (χ1v) is 8.00. The lowest BCUT2D eigenvalue weighted by atomic mass is 10.1. The van der Waals surface area contributed by atoms with E-state index >= 15 is 0 Å². The van der Waals surface area contributed by atoms with Crippen LogP contribution in [0.2, 0.25) is 0 Å². The van der Waals surface area contributed by atoms with Gasteiger partial charge in [0.15, 0.2) is 0 Å². The van der Waals surface area contributed by atoms with Crippen LogP contribution in [0.25, 0.3) is 0 Å². The van der Waals surface area contributed by atoms with Gasteiger partial charge in [0.1, 0.15) is 6.10 Å². The molecular formula is C19H22N2O3. The Kier molecular flexibility index (Phi) is 6.59. The van der Waals surface area contributed by atoms with Gasteiger partial charge in [0.2, 0.25) is 5.91 Å². The summed E-state index contributed by atoms with van der Waals surface area (Å²) in [5, 5.41) is 2.76. The Morgan fingerprint density at radius 1 is 1.38 bits per heavy atom.